The van der Waals surface area contributed by atoms with Crippen LogP contribution in [-0.2, 0) is 11.2 Å². The molecule has 1 aliphatic rings. The van der Waals surface area contributed by atoms with Crippen molar-refractivity contribution >= 4 is 18.3 Å². The Morgan fingerprint density at radius 3 is 3.11 bits per heavy atom. The summed E-state index contributed by atoms with van der Waals surface area (Å²) in [5.41, 5.74) is 0.960. The van der Waals surface area contributed by atoms with Crippen LogP contribution in [0.4, 0.5) is 0 Å². The number of nitrogens with zero attached hydrogens (tertiary/aromatic N) is 1. The number of piperidine rings is 1. The number of aromatic nitrogens is 1. The van der Waals surface area contributed by atoms with Crippen molar-refractivity contribution in [1.29, 1.82) is 0 Å². The lowest BCUT2D eigenvalue weighted by Gasteiger charge is -2.30. The Morgan fingerprint density at radius 2 is 2.44 bits per heavy atom. The van der Waals surface area contributed by atoms with Crippen LogP contribution in [0.3, 0.4) is 0 Å². The van der Waals surface area contributed by atoms with Crippen molar-refractivity contribution in [1.82, 2.24) is 15.6 Å². The van der Waals surface area contributed by atoms with Crippen LogP contribution in [0.15, 0.2) is 24.5 Å². The van der Waals surface area contributed by atoms with Gasteiger partial charge in [0.2, 0.25) is 5.91 Å². The minimum atomic E-state index is 0. The van der Waals surface area contributed by atoms with Crippen molar-refractivity contribution in [3.8, 4) is 0 Å². The van der Waals surface area contributed by atoms with E-state index in [1.54, 1.807) is 12.4 Å². The molecule has 2 N–H and O–H groups in total. The Balaban J connectivity index is 0.00000162. The van der Waals surface area contributed by atoms with E-state index >= 15 is 0 Å². The molecule has 0 radical (unpaired) electrons. The zero-order valence-electron chi connectivity index (χ0n) is 10.6. The highest BCUT2D eigenvalue weighted by atomic mass is 35.5. The minimum absolute atomic E-state index is 0. The van der Waals surface area contributed by atoms with Gasteiger partial charge >= 0.3 is 0 Å². The average Bonchev–Trinajstić information content (AvgIpc) is 2.33. The summed E-state index contributed by atoms with van der Waals surface area (Å²) in [6.45, 7) is 4.12. The Labute approximate surface area is 114 Å². The van der Waals surface area contributed by atoms with Gasteiger partial charge in [0.05, 0.1) is 6.42 Å². The van der Waals surface area contributed by atoms with E-state index in [4.69, 9.17) is 0 Å². The third-order valence-corrected chi connectivity index (χ3v) is 3.26. The number of nitrogens with one attached hydrogen (secondary N) is 2. The highest BCUT2D eigenvalue weighted by Gasteiger charge is 2.22. The van der Waals surface area contributed by atoms with Crippen LogP contribution in [0.1, 0.15) is 18.9 Å². The lowest BCUT2D eigenvalue weighted by Crippen LogP contribution is -2.50. The molecule has 0 aromatic carbocycles. The van der Waals surface area contributed by atoms with E-state index in [1.807, 2.05) is 12.1 Å². The molecule has 2 atom stereocenters. The quantitative estimate of drug-likeness (QED) is 0.866. The van der Waals surface area contributed by atoms with Gasteiger partial charge in [-0.2, -0.15) is 0 Å². The third kappa shape index (κ3) is 4.27. The Kier molecular flexibility index (Phi) is 6.09. The Hall–Kier alpha value is -1.13. The first kappa shape index (κ1) is 14.9. The molecular formula is C13H20ClN3O. The minimum Gasteiger partial charge on any atom is -0.352 e. The van der Waals surface area contributed by atoms with Crippen molar-refractivity contribution in [2.45, 2.75) is 25.8 Å². The fourth-order valence-electron chi connectivity index (χ4n) is 2.13. The van der Waals surface area contributed by atoms with Crippen LogP contribution >= 0.6 is 12.4 Å². The zero-order chi connectivity index (χ0) is 12.1. The predicted molar refractivity (Wildman–Crippen MR) is 73.8 cm³/mol. The summed E-state index contributed by atoms with van der Waals surface area (Å²) >= 11 is 0. The standard InChI is InChI=1S/C13H19N3O.ClH/c1-10-4-6-15-9-12(10)16-13(17)7-11-3-2-5-14-8-11;/h2-3,5,8,10,12,15H,4,6-7,9H2,1H3,(H,16,17);1H. The van der Waals surface area contributed by atoms with Gasteiger partial charge in [-0.1, -0.05) is 13.0 Å². The number of halogens is 1. The van der Waals surface area contributed by atoms with E-state index in [9.17, 15) is 4.79 Å². The van der Waals surface area contributed by atoms with E-state index in [0.717, 1.165) is 25.1 Å². The number of hydrogen-bond acceptors (Lipinski definition) is 3. The van der Waals surface area contributed by atoms with Crippen LogP contribution < -0.4 is 10.6 Å². The summed E-state index contributed by atoms with van der Waals surface area (Å²) < 4.78 is 0. The van der Waals surface area contributed by atoms with Crippen molar-refractivity contribution < 1.29 is 4.79 Å². The maximum Gasteiger partial charge on any atom is 0.224 e. The molecule has 1 aromatic heterocycles. The van der Waals surface area contributed by atoms with Crippen molar-refractivity contribution in [3.05, 3.63) is 30.1 Å². The van der Waals surface area contributed by atoms with E-state index in [1.165, 1.54) is 0 Å². The van der Waals surface area contributed by atoms with Gasteiger partial charge in [0, 0.05) is 25.0 Å². The highest BCUT2D eigenvalue weighted by molar-refractivity contribution is 5.85. The molecule has 4 nitrogen and oxygen atoms in total. The second-order valence-corrected chi connectivity index (χ2v) is 4.68. The van der Waals surface area contributed by atoms with Crippen LogP contribution in [-0.4, -0.2) is 30.0 Å². The number of carbonyl (C=O) groups excluding carboxylic acids is 1. The second-order valence-electron chi connectivity index (χ2n) is 4.68. The molecule has 0 saturated carbocycles. The second kappa shape index (κ2) is 7.34. The molecule has 2 unspecified atom stereocenters. The van der Waals surface area contributed by atoms with E-state index in [0.29, 0.717) is 12.3 Å². The first-order valence-corrected chi connectivity index (χ1v) is 6.14. The molecule has 2 heterocycles. The van der Waals surface area contributed by atoms with Crippen LogP contribution in [0.5, 0.6) is 0 Å². The summed E-state index contributed by atoms with van der Waals surface area (Å²) in [5.74, 6) is 0.632. The van der Waals surface area contributed by atoms with E-state index in [-0.39, 0.29) is 24.4 Å². The number of carbonyl (C=O) groups is 1. The largest absolute Gasteiger partial charge is 0.352 e. The lowest BCUT2D eigenvalue weighted by molar-refractivity contribution is -0.121. The van der Waals surface area contributed by atoms with Gasteiger partial charge in [-0.15, -0.1) is 12.4 Å². The first-order chi connectivity index (χ1) is 8.25. The first-order valence-electron chi connectivity index (χ1n) is 6.14. The van der Waals surface area contributed by atoms with Crippen molar-refractivity contribution in [3.63, 3.8) is 0 Å². The SMILES string of the molecule is CC1CCNCC1NC(=O)Cc1cccnc1.Cl. The van der Waals surface area contributed by atoms with E-state index in [2.05, 4.69) is 22.5 Å². The molecule has 0 aliphatic carbocycles. The van der Waals surface area contributed by atoms with Crippen LogP contribution in [0.2, 0.25) is 0 Å². The topological polar surface area (TPSA) is 54.0 Å². The highest BCUT2D eigenvalue weighted by Crippen LogP contribution is 2.11. The Bertz CT molecular complexity index is 372. The van der Waals surface area contributed by atoms with Crippen LogP contribution in [0, 0.1) is 5.92 Å². The molecule has 1 fully saturated rings. The molecule has 0 bridgehead atoms. The third-order valence-electron chi connectivity index (χ3n) is 3.26. The van der Waals surface area contributed by atoms with Crippen molar-refractivity contribution in [2.24, 2.45) is 5.92 Å². The predicted octanol–water partition coefficient (Wildman–Crippen LogP) is 1.16. The summed E-state index contributed by atoms with van der Waals surface area (Å²) in [4.78, 5) is 15.9. The summed E-state index contributed by atoms with van der Waals surface area (Å²) in [7, 11) is 0. The molecule has 1 aliphatic heterocycles. The molecule has 100 valence electrons. The normalized spacial score (nSPS) is 22.9. The lowest BCUT2D eigenvalue weighted by atomic mass is 9.94. The summed E-state index contributed by atoms with van der Waals surface area (Å²) in [6.07, 6.45) is 4.99. The van der Waals surface area contributed by atoms with Gasteiger partial charge in [0.15, 0.2) is 0 Å². The van der Waals surface area contributed by atoms with Gasteiger partial charge in [0.1, 0.15) is 0 Å². The van der Waals surface area contributed by atoms with Crippen LogP contribution in [0.25, 0.3) is 0 Å². The number of pyridine rings is 1. The smallest absolute Gasteiger partial charge is 0.224 e. The molecule has 18 heavy (non-hydrogen) atoms. The molecule has 1 amide bonds. The van der Waals surface area contributed by atoms with Gasteiger partial charge < -0.3 is 10.6 Å². The van der Waals surface area contributed by atoms with Gasteiger partial charge in [-0.25, -0.2) is 0 Å². The number of amides is 1. The van der Waals surface area contributed by atoms with Gasteiger partial charge in [-0.05, 0) is 30.5 Å². The molecule has 1 aromatic rings. The average molecular weight is 270 g/mol. The molecular weight excluding hydrogens is 250 g/mol. The molecule has 2 rings (SSSR count). The maximum absolute atomic E-state index is 11.9. The maximum atomic E-state index is 11.9. The monoisotopic (exact) mass is 269 g/mol. The summed E-state index contributed by atoms with van der Waals surface area (Å²) in [5, 5.41) is 6.40. The zero-order valence-corrected chi connectivity index (χ0v) is 11.4. The molecule has 0 spiro atoms. The molecule has 5 heteroatoms. The fourth-order valence-corrected chi connectivity index (χ4v) is 2.13. The van der Waals surface area contributed by atoms with Crippen molar-refractivity contribution in [2.75, 3.05) is 13.1 Å². The summed E-state index contributed by atoms with van der Waals surface area (Å²) in [6, 6.07) is 4.04. The fraction of sp³-hybridized carbons (Fsp3) is 0.538. The number of rotatable bonds is 3. The van der Waals surface area contributed by atoms with Gasteiger partial charge in [0.25, 0.3) is 0 Å². The van der Waals surface area contributed by atoms with Gasteiger partial charge in [-0.3, -0.25) is 9.78 Å². The Morgan fingerprint density at radius 1 is 1.61 bits per heavy atom. The molecule has 1 saturated heterocycles. The number of hydrogen-bond donors (Lipinski definition) is 2. The van der Waals surface area contributed by atoms with E-state index < -0.39 is 0 Å².